The molecule has 0 saturated carbocycles. The van der Waals surface area contributed by atoms with Crippen LogP contribution in [0.1, 0.15) is 18.9 Å². The Labute approximate surface area is 112 Å². The average molecular weight is 318 g/mol. The maximum atomic E-state index is 12.6. The number of alkyl halides is 5. The van der Waals surface area contributed by atoms with E-state index in [4.69, 9.17) is 0 Å². The van der Waals surface area contributed by atoms with E-state index in [-0.39, 0.29) is 6.42 Å². The van der Waals surface area contributed by atoms with Gasteiger partial charge in [0.25, 0.3) is 0 Å². The van der Waals surface area contributed by atoms with Gasteiger partial charge in [-0.3, -0.25) is 0 Å². The normalized spacial score (nSPS) is 13.3. The molecule has 0 aromatic heterocycles. The molecule has 0 bridgehead atoms. The van der Waals surface area contributed by atoms with Crippen LogP contribution in [-0.2, 0) is 16.5 Å². The Balaban J connectivity index is 2.73. The molecule has 9 heteroatoms. The lowest BCUT2D eigenvalue weighted by Crippen LogP contribution is -2.28. The fourth-order valence-corrected chi connectivity index (χ4v) is 1.71. The summed E-state index contributed by atoms with van der Waals surface area (Å²) in [6.07, 6.45) is -0.413. The smallest absolute Gasteiger partial charge is 0.376 e. The van der Waals surface area contributed by atoms with Crippen LogP contribution in [0.2, 0.25) is 0 Å². The Bertz CT molecular complexity index is 543. The molecule has 3 nitrogen and oxygen atoms in total. The van der Waals surface area contributed by atoms with E-state index in [1.807, 2.05) is 0 Å². The van der Waals surface area contributed by atoms with Gasteiger partial charge in [-0.15, -0.1) is 0 Å². The van der Waals surface area contributed by atoms with E-state index in [0.717, 1.165) is 19.1 Å². The predicted octanol–water partition coefficient (Wildman–Crippen LogP) is 3.50. The molecule has 0 N–H and O–H groups in total. The molecule has 114 valence electrons. The predicted molar refractivity (Wildman–Crippen MR) is 61.0 cm³/mol. The summed E-state index contributed by atoms with van der Waals surface area (Å²) in [5.74, 6) is -3.39. The Morgan fingerprint density at radius 3 is 1.95 bits per heavy atom. The highest BCUT2D eigenvalue weighted by Crippen LogP contribution is 2.27. The highest BCUT2D eigenvalue weighted by atomic mass is 32.2. The summed E-state index contributed by atoms with van der Waals surface area (Å²) in [5.41, 5.74) is -5.08. The van der Waals surface area contributed by atoms with E-state index < -0.39 is 33.7 Å². The van der Waals surface area contributed by atoms with Crippen molar-refractivity contribution in [3.8, 4) is 5.75 Å². The van der Waals surface area contributed by atoms with Crippen LogP contribution in [0.4, 0.5) is 22.0 Å². The first-order chi connectivity index (χ1) is 8.91. The maximum absolute atomic E-state index is 12.6. The van der Waals surface area contributed by atoms with E-state index in [9.17, 15) is 30.4 Å². The Morgan fingerprint density at radius 1 is 1.05 bits per heavy atom. The highest BCUT2D eigenvalue weighted by molar-refractivity contribution is 7.87. The summed E-state index contributed by atoms with van der Waals surface area (Å²) in [6, 6.07) is 4.42. The zero-order chi connectivity index (χ0) is 15.6. The minimum atomic E-state index is -5.72. The number of halogens is 5. The van der Waals surface area contributed by atoms with Crippen LogP contribution < -0.4 is 4.18 Å². The van der Waals surface area contributed by atoms with Crippen molar-refractivity contribution in [3.63, 3.8) is 0 Å². The first-order valence-electron chi connectivity index (χ1n) is 5.38. The van der Waals surface area contributed by atoms with E-state index in [1.54, 1.807) is 0 Å². The highest BCUT2D eigenvalue weighted by Gasteiger charge is 2.48. The second-order valence-electron chi connectivity index (χ2n) is 4.20. The third-order valence-corrected chi connectivity index (χ3v) is 3.24. The summed E-state index contributed by atoms with van der Waals surface area (Å²) in [6.45, 7) is 0.750. The Kier molecular flexibility index (Phi) is 4.62. The van der Waals surface area contributed by atoms with Crippen molar-refractivity contribution in [2.24, 2.45) is 0 Å². The largest absolute Gasteiger partial charge is 0.534 e. The van der Waals surface area contributed by atoms with Crippen LogP contribution in [0, 0.1) is 0 Å². The molecule has 1 rings (SSSR count). The molecule has 0 spiro atoms. The average Bonchev–Trinajstić information content (AvgIpc) is 2.25. The van der Waals surface area contributed by atoms with Crippen LogP contribution in [0.3, 0.4) is 0 Å². The maximum Gasteiger partial charge on any atom is 0.534 e. The lowest BCUT2D eigenvalue weighted by Gasteiger charge is -2.11. The van der Waals surface area contributed by atoms with Gasteiger partial charge in [0.05, 0.1) is 0 Å². The molecule has 20 heavy (non-hydrogen) atoms. The van der Waals surface area contributed by atoms with Gasteiger partial charge in [0.1, 0.15) is 5.75 Å². The Hall–Kier alpha value is -1.38. The van der Waals surface area contributed by atoms with Gasteiger partial charge in [0.2, 0.25) is 5.92 Å². The third-order valence-electron chi connectivity index (χ3n) is 2.27. The van der Waals surface area contributed by atoms with Crippen molar-refractivity contribution in [2.45, 2.75) is 31.2 Å². The minimum absolute atomic E-state index is 0.00972. The zero-order valence-corrected chi connectivity index (χ0v) is 11.1. The molecule has 0 saturated heterocycles. The fourth-order valence-electron chi connectivity index (χ4n) is 1.25. The first kappa shape index (κ1) is 16.7. The Morgan fingerprint density at radius 2 is 1.55 bits per heavy atom. The quantitative estimate of drug-likeness (QED) is 0.474. The van der Waals surface area contributed by atoms with Gasteiger partial charge in [-0.05, 0) is 31.0 Å². The molecule has 0 aliphatic rings. The monoisotopic (exact) mass is 318 g/mol. The van der Waals surface area contributed by atoms with Gasteiger partial charge >= 0.3 is 15.6 Å². The van der Waals surface area contributed by atoms with Crippen LogP contribution in [-0.4, -0.2) is 19.8 Å². The van der Waals surface area contributed by atoms with Gasteiger partial charge in [-0.25, -0.2) is 8.78 Å². The van der Waals surface area contributed by atoms with Crippen LogP contribution >= 0.6 is 0 Å². The summed E-state index contributed by atoms with van der Waals surface area (Å²) in [4.78, 5) is 0. The van der Waals surface area contributed by atoms with Gasteiger partial charge < -0.3 is 4.18 Å². The van der Waals surface area contributed by atoms with E-state index in [2.05, 4.69) is 4.18 Å². The van der Waals surface area contributed by atoms with Crippen molar-refractivity contribution in [1.82, 2.24) is 0 Å². The molecule has 0 fully saturated rings. The third kappa shape index (κ3) is 4.95. The van der Waals surface area contributed by atoms with Crippen molar-refractivity contribution in [3.05, 3.63) is 29.8 Å². The van der Waals surface area contributed by atoms with Gasteiger partial charge in [0, 0.05) is 6.42 Å². The van der Waals surface area contributed by atoms with Crippen molar-refractivity contribution < 1.29 is 34.6 Å². The zero-order valence-electron chi connectivity index (χ0n) is 10.2. The summed E-state index contributed by atoms with van der Waals surface area (Å²) < 4.78 is 86.7. The van der Waals surface area contributed by atoms with E-state index in [0.29, 0.717) is 5.56 Å². The molecule has 1 aromatic carbocycles. The van der Waals surface area contributed by atoms with Gasteiger partial charge in [-0.1, -0.05) is 12.1 Å². The molecule has 0 radical (unpaired) electrons. The number of benzene rings is 1. The SMILES string of the molecule is CC(F)(F)CCc1ccc(OS(=O)(=O)C(F)(F)F)cc1. The van der Waals surface area contributed by atoms with Gasteiger partial charge in [0.15, 0.2) is 0 Å². The molecule has 0 amide bonds. The van der Waals surface area contributed by atoms with Crippen LogP contribution in [0.5, 0.6) is 5.75 Å². The standard InChI is InChI=1S/C11H11F5O3S/c1-10(12,13)7-6-8-2-4-9(5-3-8)19-20(17,18)11(14,15)16/h2-5H,6-7H2,1H3. The first-order valence-corrected chi connectivity index (χ1v) is 6.79. The second kappa shape index (κ2) is 5.55. The van der Waals surface area contributed by atoms with E-state index in [1.165, 1.54) is 12.1 Å². The topological polar surface area (TPSA) is 43.4 Å². The fraction of sp³-hybridized carbons (Fsp3) is 0.455. The molecule has 0 aliphatic carbocycles. The van der Waals surface area contributed by atoms with Crippen LogP contribution in [0.15, 0.2) is 24.3 Å². The van der Waals surface area contributed by atoms with Crippen LogP contribution in [0.25, 0.3) is 0 Å². The summed E-state index contributed by atoms with van der Waals surface area (Å²) in [7, 11) is -5.72. The van der Waals surface area contributed by atoms with Gasteiger partial charge in [-0.2, -0.15) is 21.6 Å². The molecular weight excluding hydrogens is 307 g/mol. The minimum Gasteiger partial charge on any atom is -0.376 e. The number of hydrogen-bond acceptors (Lipinski definition) is 3. The molecular formula is C11H11F5O3S. The molecule has 0 atom stereocenters. The lowest BCUT2D eigenvalue weighted by molar-refractivity contribution is -0.0500. The van der Waals surface area contributed by atoms with E-state index >= 15 is 0 Å². The van der Waals surface area contributed by atoms with Crippen molar-refractivity contribution in [1.29, 1.82) is 0 Å². The number of hydrogen-bond donors (Lipinski definition) is 0. The van der Waals surface area contributed by atoms with Crippen molar-refractivity contribution in [2.75, 3.05) is 0 Å². The second-order valence-corrected chi connectivity index (χ2v) is 5.74. The molecule has 1 aromatic rings. The van der Waals surface area contributed by atoms with Crippen molar-refractivity contribution >= 4 is 10.1 Å². The molecule has 0 unspecified atom stereocenters. The lowest BCUT2D eigenvalue weighted by atomic mass is 10.1. The number of aryl methyl sites for hydroxylation is 1. The summed E-state index contributed by atoms with van der Waals surface area (Å²) >= 11 is 0. The molecule has 0 heterocycles. The molecule has 0 aliphatic heterocycles. The summed E-state index contributed by atoms with van der Waals surface area (Å²) in [5, 5.41) is 0. The number of rotatable bonds is 5.